The van der Waals surface area contributed by atoms with E-state index in [4.69, 9.17) is 11.6 Å². The van der Waals surface area contributed by atoms with Crippen LogP contribution in [-0.4, -0.2) is 24.7 Å². The van der Waals surface area contributed by atoms with Gasteiger partial charge in [0.2, 0.25) is 10.0 Å². The van der Waals surface area contributed by atoms with E-state index in [0.29, 0.717) is 29.4 Å². The third-order valence-corrected chi connectivity index (χ3v) is 4.90. The van der Waals surface area contributed by atoms with Gasteiger partial charge in [-0.3, -0.25) is 4.68 Å². The average molecular weight is 328 g/mol. The molecule has 0 saturated heterocycles. The van der Waals surface area contributed by atoms with Crippen molar-refractivity contribution < 1.29 is 8.42 Å². The summed E-state index contributed by atoms with van der Waals surface area (Å²) in [6.07, 6.45) is 3.91. The van der Waals surface area contributed by atoms with Crippen LogP contribution in [0.3, 0.4) is 0 Å². The predicted octanol–water partition coefficient (Wildman–Crippen LogP) is 2.52. The molecule has 0 amide bonds. The first-order valence-electron chi connectivity index (χ1n) is 6.63. The monoisotopic (exact) mass is 327 g/mol. The lowest BCUT2D eigenvalue weighted by Crippen LogP contribution is -2.25. The summed E-state index contributed by atoms with van der Waals surface area (Å²) in [6, 6.07) is 5.12. The van der Waals surface area contributed by atoms with Crippen LogP contribution in [0.25, 0.3) is 0 Å². The molecule has 0 spiro atoms. The van der Waals surface area contributed by atoms with Crippen molar-refractivity contribution in [2.24, 2.45) is 0 Å². The minimum Gasteiger partial charge on any atom is -0.271 e. The van der Waals surface area contributed by atoms with Crippen LogP contribution in [0, 0.1) is 13.8 Å². The molecule has 0 fully saturated rings. The maximum atomic E-state index is 12.2. The quantitative estimate of drug-likeness (QED) is 0.829. The summed E-state index contributed by atoms with van der Waals surface area (Å²) in [7, 11) is -3.45. The van der Waals surface area contributed by atoms with Crippen molar-refractivity contribution in [2.45, 2.75) is 31.7 Å². The van der Waals surface area contributed by atoms with Crippen molar-refractivity contribution in [3.8, 4) is 0 Å². The molecule has 0 radical (unpaired) electrons. The van der Waals surface area contributed by atoms with Gasteiger partial charge < -0.3 is 0 Å². The van der Waals surface area contributed by atoms with Crippen LogP contribution in [0.2, 0.25) is 5.02 Å². The first-order chi connectivity index (χ1) is 9.88. The summed E-state index contributed by atoms with van der Waals surface area (Å²) in [5, 5.41) is 4.61. The van der Waals surface area contributed by atoms with E-state index >= 15 is 0 Å². The van der Waals surface area contributed by atoms with E-state index in [9.17, 15) is 8.42 Å². The van der Waals surface area contributed by atoms with E-state index < -0.39 is 10.0 Å². The first kappa shape index (κ1) is 16.0. The van der Waals surface area contributed by atoms with Gasteiger partial charge in [0.15, 0.2) is 0 Å². The summed E-state index contributed by atoms with van der Waals surface area (Å²) < 4.78 is 28.6. The Morgan fingerprint density at radius 1 is 1.29 bits per heavy atom. The highest BCUT2D eigenvalue weighted by Gasteiger charge is 2.13. The molecule has 1 N–H and O–H groups in total. The molecule has 5 nitrogen and oxygen atoms in total. The zero-order valence-corrected chi connectivity index (χ0v) is 13.6. The van der Waals surface area contributed by atoms with Gasteiger partial charge in [-0.1, -0.05) is 17.7 Å². The molecule has 7 heteroatoms. The summed E-state index contributed by atoms with van der Waals surface area (Å²) in [6.45, 7) is 4.82. The van der Waals surface area contributed by atoms with Gasteiger partial charge in [0.25, 0.3) is 0 Å². The topological polar surface area (TPSA) is 64.0 Å². The van der Waals surface area contributed by atoms with Crippen molar-refractivity contribution >= 4 is 21.6 Å². The van der Waals surface area contributed by atoms with E-state index in [1.54, 1.807) is 29.2 Å². The Morgan fingerprint density at radius 3 is 2.67 bits per heavy atom. The fourth-order valence-corrected chi connectivity index (χ4v) is 3.19. The highest BCUT2D eigenvalue weighted by Crippen LogP contribution is 2.14. The normalized spacial score (nSPS) is 11.8. The van der Waals surface area contributed by atoms with E-state index in [2.05, 4.69) is 9.82 Å². The second-order valence-corrected chi connectivity index (χ2v) is 7.12. The third kappa shape index (κ3) is 4.30. The summed E-state index contributed by atoms with van der Waals surface area (Å²) >= 11 is 5.76. The number of aromatic nitrogens is 2. The van der Waals surface area contributed by atoms with Crippen molar-refractivity contribution in [1.82, 2.24) is 14.5 Å². The maximum Gasteiger partial charge on any atom is 0.240 e. The SMILES string of the molecule is Cc1ccc(S(=O)(=O)NCCCn2cc(Cl)cn2)cc1C. The largest absolute Gasteiger partial charge is 0.271 e. The molecule has 114 valence electrons. The van der Waals surface area contributed by atoms with Gasteiger partial charge in [-0.2, -0.15) is 5.10 Å². The maximum absolute atomic E-state index is 12.2. The minimum atomic E-state index is -3.45. The molecule has 1 heterocycles. The summed E-state index contributed by atoms with van der Waals surface area (Å²) in [5.41, 5.74) is 2.04. The number of aryl methyl sites for hydroxylation is 3. The van der Waals surface area contributed by atoms with Crippen molar-refractivity contribution in [1.29, 1.82) is 0 Å². The molecular formula is C14H18ClN3O2S. The van der Waals surface area contributed by atoms with Crippen molar-refractivity contribution in [2.75, 3.05) is 6.54 Å². The Balaban J connectivity index is 1.90. The fourth-order valence-electron chi connectivity index (χ4n) is 1.87. The smallest absolute Gasteiger partial charge is 0.240 e. The molecule has 1 aromatic carbocycles. The van der Waals surface area contributed by atoms with Crippen LogP contribution < -0.4 is 4.72 Å². The molecule has 2 aromatic rings. The number of rotatable bonds is 6. The Labute approximate surface area is 130 Å². The van der Waals surface area contributed by atoms with Crippen LogP contribution in [-0.2, 0) is 16.6 Å². The van der Waals surface area contributed by atoms with Gasteiger partial charge >= 0.3 is 0 Å². The second kappa shape index (κ2) is 6.60. The van der Waals surface area contributed by atoms with Crippen LogP contribution in [0.4, 0.5) is 0 Å². The average Bonchev–Trinajstić information content (AvgIpc) is 2.83. The molecule has 1 aromatic heterocycles. The molecule has 0 aliphatic carbocycles. The Hall–Kier alpha value is -1.37. The summed E-state index contributed by atoms with van der Waals surface area (Å²) in [4.78, 5) is 0.299. The van der Waals surface area contributed by atoms with Gasteiger partial charge in [0.05, 0.1) is 16.1 Å². The number of hydrogen-bond donors (Lipinski definition) is 1. The molecule has 2 rings (SSSR count). The second-order valence-electron chi connectivity index (χ2n) is 4.92. The van der Waals surface area contributed by atoms with Gasteiger partial charge in [0.1, 0.15) is 0 Å². The molecule has 0 aliphatic rings. The summed E-state index contributed by atoms with van der Waals surface area (Å²) in [5.74, 6) is 0. The van der Waals surface area contributed by atoms with Gasteiger partial charge in [-0.25, -0.2) is 13.1 Å². The van der Waals surface area contributed by atoms with Gasteiger partial charge in [0, 0.05) is 19.3 Å². The molecule has 0 unspecified atom stereocenters. The van der Waals surface area contributed by atoms with Crippen LogP contribution in [0.5, 0.6) is 0 Å². The first-order valence-corrected chi connectivity index (χ1v) is 8.49. The Bertz CT molecular complexity index is 726. The van der Waals surface area contributed by atoms with E-state index in [1.165, 1.54) is 0 Å². The molecule has 0 aliphatic heterocycles. The molecule has 0 atom stereocenters. The van der Waals surface area contributed by atoms with E-state index in [1.807, 2.05) is 19.9 Å². The Morgan fingerprint density at radius 2 is 2.05 bits per heavy atom. The zero-order valence-electron chi connectivity index (χ0n) is 12.0. The van der Waals surface area contributed by atoms with Crippen molar-refractivity contribution in [3.05, 3.63) is 46.7 Å². The predicted molar refractivity (Wildman–Crippen MR) is 83.0 cm³/mol. The number of sulfonamides is 1. The molecule has 0 bridgehead atoms. The fraction of sp³-hybridized carbons (Fsp3) is 0.357. The standard InChI is InChI=1S/C14H18ClN3O2S/c1-11-4-5-14(8-12(11)2)21(19,20)17-6-3-7-18-10-13(15)9-16-18/h4-5,8-10,17H,3,6-7H2,1-2H3. The molecule has 0 saturated carbocycles. The Kier molecular flexibility index (Phi) is 5.03. The van der Waals surface area contributed by atoms with Crippen LogP contribution in [0.15, 0.2) is 35.5 Å². The number of hydrogen-bond acceptors (Lipinski definition) is 3. The van der Waals surface area contributed by atoms with Gasteiger partial charge in [-0.15, -0.1) is 0 Å². The molecular weight excluding hydrogens is 310 g/mol. The number of halogens is 1. The lowest BCUT2D eigenvalue weighted by atomic mass is 10.1. The highest BCUT2D eigenvalue weighted by molar-refractivity contribution is 7.89. The highest BCUT2D eigenvalue weighted by atomic mass is 35.5. The number of nitrogens with one attached hydrogen (secondary N) is 1. The van der Waals surface area contributed by atoms with E-state index in [0.717, 1.165) is 11.1 Å². The number of nitrogens with zero attached hydrogens (tertiary/aromatic N) is 2. The lowest BCUT2D eigenvalue weighted by Gasteiger charge is -2.08. The van der Waals surface area contributed by atoms with Crippen LogP contribution in [0.1, 0.15) is 17.5 Å². The molecule has 21 heavy (non-hydrogen) atoms. The third-order valence-electron chi connectivity index (χ3n) is 3.25. The van der Waals surface area contributed by atoms with E-state index in [-0.39, 0.29) is 0 Å². The number of benzene rings is 1. The van der Waals surface area contributed by atoms with Gasteiger partial charge in [-0.05, 0) is 43.5 Å². The minimum absolute atomic E-state index is 0.299. The zero-order chi connectivity index (χ0) is 15.5. The lowest BCUT2D eigenvalue weighted by molar-refractivity contribution is 0.553. The van der Waals surface area contributed by atoms with Crippen molar-refractivity contribution in [3.63, 3.8) is 0 Å². The van der Waals surface area contributed by atoms with Crippen LogP contribution >= 0.6 is 11.6 Å².